The fourth-order valence-electron chi connectivity index (χ4n) is 3.07. The van der Waals surface area contributed by atoms with Crippen LogP contribution in [0, 0.1) is 0 Å². The molecule has 0 aliphatic carbocycles. The predicted octanol–water partition coefficient (Wildman–Crippen LogP) is 1.59. The van der Waals surface area contributed by atoms with E-state index in [-0.39, 0.29) is 12.2 Å². The van der Waals surface area contributed by atoms with Crippen molar-refractivity contribution in [2.45, 2.75) is 84.2 Å². The summed E-state index contributed by atoms with van der Waals surface area (Å²) in [5, 5.41) is 22.1. The third-order valence-electron chi connectivity index (χ3n) is 4.53. The Morgan fingerprint density at radius 2 is 1.64 bits per heavy atom. The van der Waals surface area contributed by atoms with Gasteiger partial charge in [0.15, 0.2) is 0 Å². The van der Waals surface area contributed by atoms with Gasteiger partial charge in [-0.1, -0.05) is 12.1 Å². The van der Waals surface area contributed by atoms with E-state index in [9.17, 15) is 19.5 Å². The average Bonchev–Trinajstić information content (AvgIpc) is 2.67. The first-order chi connectivity index (χ1) is 15.0. The molecule has 0 bridgehead atoms. The number of nitrogens with two attached hydrogens (primary N) is 1. The second-order valence-electron chi connectivity index (χ2n) is 9.87. The first-order valence-electron chi connectivity index (χ1n) is 10.7. The number of amides is 1. The molecule has 5 N–H and O–H groups in total. The quantitative estimate of drug-likeness (QED) is 0.376. The van der Waals surface area contributed by atoms with Gasteiger partial charge in [0.2, 0.25) is 5.91 Å². The fourth-order valence-corrected chi connectivity index (χ4v) is 3.07. The molecule has 0 fully saturated rings. The Bertz CT molecular complexity index is 813. The highest BCUT2D eigenvalue weighted by atomic mass is 16.7. The molecule has 0 spiro atoms. The smallest absolute Gasteiger partial charge is 0.344 e. The average molecular weight is 468 g/mol. The SMILES string of the molecule is C[C@@H](OC(C)(C)C)[C@H](N)C(=O)ON([C@@H](Cc1ccc(O)cc1)C(=O)NCC(=O)O)C(C)(C)C. The van der Waals surface area contributed by atoms with Crippen LogP contribution in [0.25, 0.3) is 0 Å². The summed E-state index contributed by atoms with van der Waals surface area (Å²) in [6, 6.07) is 4.00. The van der Waals surface area contributed by atoms with Crippen LogP contribution in [0.1, 0.15) is 54.0 Å². The standard InChI is InChI=1S/C23H37N3O7/c1-14(32-23(5,6)7)19(24)21(31)33-26(22(2,3)4)17(20(30)25-13-18(28)29)12-15-8-10-16(27)11-9-15/h8-11,14,17,19,27H,12-13,24H2,1-7H3,(H,25,30)(H,28,29)/t14-,17+,19+/m1/s1. The minimum Gasteiger partial charge on any atom is -0.508 e. The second kappa shape index (κ2) is 11.4. The minimum atomic E-state index is -1.21. The van der Waals surface area contributed by atoms with Crippen LogP contribution in [-0.4, -0.2) is 69.0 Å². The van der Waals surface area contributed by atoms with Gasteiger partial charge < -0.3 is 30.8 Å². The molecule has 0 saturated heterocycles. The molecule has 0 unspecified atom stereocenters. The molecule has 0 radical (unpaired) electrons. The van der Waals surface area contributed by atoms with Crippen molar-refractivity contribution in [1.82, 2.24) is 10.4 Å². The van der Waals surface area contributed by atoms with Crippen LogP contribution < -0.4 is 11.1 Å². The molecule has 0 aliphatic heterocycles. The van der Waals surface area contributed by atoms with Crippen LogP contribution in [0.4, 0.5) is 0 Å². The summed E-state index contributed by atoms with van der Waals surface area (Å²) in [5.74, 6) is -2.58. The van der Waals surface area contributed by atoms with Crippen molar-refractivity contribution in [2.24, 2.45) is 5.73 Å². The van der Waals surface area contributed by atoms with E-state index in [1.54, 1.807) is 39.8 Å². The highest BCUT2D eigenvalue weighted by Gasteiger charge is 2.39. The van der Waals surface area contributed by atoms with Gasteiger partial charge in [-0.25, -0.2) is 4.79 Å². The zero-order valence-corrected chi connectivity index (χ0v) is 20.4. The van der Waals surface area contributed by atoms with Crippen molar-refractivity contribution in [3.05, 3.63) is 29.8 Å². The number of benzene rings is 1. The monoisotopic (exact) mass is 467 g/mol. The first kappa shape index (κ1) is 28.3. The Balaban J connectivity index is 3.21. The van der Waals surface area contributed by atoms with Gasteiger partial charge in [0.05, 0.1) is 11.7 Å². The maximum atomic E-state index is 13.0. The van der Waals surface area contributed by atoms with Crippen LogP contribution in [0.5, 0.6) is 5.75 Å². The number of phenols is 1. The summed E-state index contributed by atoms with van der Waals surface area (Å²) in [5.41, 5.74) is 5.37. The molecule has 33 heavy (non-hydrogen) atoms. The van der Waals surface area contributed by atoms with Crippen LogP contribution in [0.3, 0.4) is 0 Å². The molecular formula is C23H37N3O7. The van der Waals surface area contributed by atoms with Gasteiger partial charge in [0, 0.05) is 12.0 Å². The van der Waals surface area contributed by atoms with E-state index in [2.05, 4.69) is 5.32 Å². The fraction of sp³-hybridized carbons (Fsp3) is 0.609. The van der Waals surface area contributed by atoms with E-state index in [1.807, 2.05) is 20.8 Å². The number of hydroxylamine groups is 2. The Morgan fingerprint density at radius 1 is 1.09 bits per heavy atom. The Hall–Kier alpha value is -2.69. The van der Waals surface area contributed by atoms with Gasteiger partial charge in [-0.3, -0.25) is 9.59 Å². The zero-order chi connectivity index (χ0) is 25.6. The van der Waals surface area contributed by atoms with E-state index in [4.69, 9.17) is 20.4 Å². The lowest BCUT2D eigenvalue weighted by Crippen LogP contribution is -2.58. The number of phenolic OH excluding ortho intramolecular Hbond substituents is 1. The van der Waals surface area contributed by atoms with Gasteiger partial charge in [-0.05, 0) is 66.2 Å². The number of nitrogens with one attached hydrogen (secondary N) is 1. The zero-order valence-electron chi connectivity index (χ0n) is 20.4. The molecule has 1 aromatic carbocycles. The molecule has 1 rings (SSSR count). The van der Waals surface area contributed by atoms with E-state index < -0.39 is 53.7 Å². The molecule has 186 valence electrons. The van der Waals surface area contributed by atoms with Gasteiger partial charge in [0.1, 0.15) is 24.4 Å². The van der Waals surface area contributed by atoms with E-state index in [0.29, 0.717) is 5.56 Å². The highest BCUT2D eigenvalue weighted by molar-refractivity contribution is 5.85. The van der Waals surface area contributed by atoms with E-state index in [0.717, 1.165) is 0 Å². The molecule has 0 aromatic heterocycles. The number of hydrogen-bond acceptors (Lipinski definition) is 8. The van der Waals surface area contributed by atoms with Crippen molar-refractivity contribution in [1.29, 1.82) is 0 Å². The maximum absolute atomic E-state index is 13.0. The molecular weight excluding hydrogens is 430 g/mol. The summed E-state index contributed by atoms with van der Waals surface area (Å²) in [6.07, 6.45) is -0.574. The lowest BCUT2D eigenvalue weighted by Gasteiger charge is -2.39. The van der Waals surface area contributed by atoms with Crippen molar-refractivity contribution in [3.63, 3.8) is 0 Å². The van der Waals surface area contributed by atoms with Crippen molar-refractivity contribution < 1.29 is 34.2 Å². The summed E-state index contributed by atoms with van der Waals surface area (Å²) < 4.78 is 5.75. The molecule has 3 atom stereocenters. The number of carbonyl (C=O) groups excluding carboxylic acids is 2. The largest absolute Gasteiger partial charge is 0.508 e. The highest BCUT2D eigenvalue weighted by Crippen LogP contribution is 2.23. The molecule has 0 aliphatic rings. The van der Waals surface area contributed by atoms with Gasteiger partial charge in [-0.2, -0.15) is 0 Å². The number of hydrogen-bond donors (Lipinski definition) is 4. The molecule has 0 saturated carbocycles. The minimum absolute atomic E-state index is 0.0588. The molecule has 0 heterocycles. The lowest BCUT2D eigenvalue weighted by atomic mass is 10.00. The van der Waals surface area contributed by atoms with Gasteiger partial charge in [-0.15, -0.1) is 5.06 Å². The van der Waals surface area contributed by atoms with Crippen molar-refractivity contribution in [3.8, 4) is 5.75 Å². The summed E-state index contributed by atoms with van der Waals surface area (Å²) in [7, 11) is 0. The van der Waals surface area contributed by atoms with Crippen molar-refractivity contribution >= 4 is 17.8 Å². The third-order valence-corrected chi connectivity index (χ3v) is 4.53. The Kier molecular flexibility index (Phi) is 9.83. The number of aliphatic carboxylic acids is 1. The summed E-state index contributed by atoms with van der Waals surface area (Å²) in [6.45, 7) is 11.8. The topological polar surface area (TPSA) is 151 Å². The van der Waals surface area contributed by atoms with Crippen LogP contribution in [0.2, 0.25) is 0 Å². The second-order valence-corrected chi connectivity index (χ2v) is 9.87. The number of aromatic hydroxyl groups is 1. The predicted molar refractivity (Wildman–Crippen MR) is 122 cm³/mol. The van der Waals surface area contributed by atoms with E-state index in [1.165, 1.54) is 17.2 Å². The number of carboxylic acids is 1. The number of carboxylic acid groups (broad SMARTS) is 1. The molecule has 1 amide bonds. The van der Waals surface area contributed by atoms with Gasteiger partial charge >= 0.3 is 11.9 Å². The molecule has 1 aromatic rings. The van der Waals surface area contributed by atoms with Gasteiger partial charge in [0.25, 0.3) is 0 Å². The number of ether oxygens (including phenoxy) is 1. The Morgan fingerprint density at radius 3 is 2.09 bits per heavy atom. The van der Waals surface area contributed by atoms with Crippen LogP contribution >= 0.6 is 0 Å². The first-order valence-corrected chi connectivity index (χ1v) is 10.7. The van der Waals surface area contributed by atoms with Crippen LogP contribution in [0.15, 0.2) is 24.3 Å². The van der Waals surface area contributed by atoms with E-state index >= 15 is 0 Å². The number of carbonyl (C=O) groups is 3. The summed E-state index contributed by atoms with van der Waals surface area (Å²) in [4.78, 5) is 42.5. The number of nitrogens with zero attached hydrogens (tertiary/aromatic N) is 1. The normalized spacial score (nSPS) is 14.9. The third kappa shape index (κ3) is 9.77. The lowest BCUT2D eigenvalue weighted by molar-refractivity contribution is -0.233. The maximum Gasteiger partial charge on any atom is 0.344 e. The molecule has 10 heteroatoms. The molecule has 10 nitrogen and oxygen atoms in total. The Labute approximate surface area is 195 Å². The number of rotatable bonds is 10. The van der Waals surface area contributed by atoms with Crippen LogP contribution in [-0.2, 0) is 30.4 Å². The summed E-state index contributed by atoms with van der Waals surface area (Å²) >= 11 is 0. The van der Waals surface area contributed by atoms with Crippen molar-refractivity contribution in [2.75, 3.05) is 6.54 Å².